The number of ether oxygens (including phenoxy) is 1. The minimum Gasteiger partial charge on any atom is -0.458 e. The number of carbonyl (C=O) groups excluding carboxylic acids is 1. The lowest BCUT2D eigenvalue weighted by atomic mass is 9.58. The van der Waals surface area contributed by atoms with Gasteiger partial charge in [-0.2, -0.15) is 0 Å². The molecule has 0 heterocycles. The SMILES string of the molecule is CN(C)[C@H]1[C@H]2CC[C@H](C[C@H]2OC(=O)c2ccccc2)[C@@H]1c1ccccc1. The summed E-state index contributed by atoms with van der Waals surface area (Å²) in [4.78, 5) is 14.9. The summed E-state index contributed by atoms with van der Waals surface area (Å²) in [7, 11) is 4.33. The molecule has 3 aliphatic rings. The summed E-state index contributed by atoms with van der Waals surface area (Å²) >= 11 is 0. The van der Waals surface area contributed by atoms with Gasteiger partial charge in [0.1, 0.15) is 6.10 Å². The van der Waals surface area contributed by atoms with Crippen molar-refractivity contribution in [3.05, 3.63) is 71.8 Å². The van der Waals surface area contributed by atoms with E-state index in [0.29, 0.717) is 29.4 Å². The number of fused-ring (bicyclic) bond motifs is 3. The molecule has 3 aliphatic carbocycles. The van der Waals surface area contributed by atoms with Gasteiger partial charge in [-0.15, -0.1) is 0 Å². The van der Waals surface area contributed by atoms with Crippen molar-refractivity contribution in [1.29, 1.82) is 0 Å². The molecule has 136 valence electrons. The monoisotopic (exact) mass is 349 g/mol. The van der Waals surface area contributed by atoms with Crippen LogP contribution in [0.1, 0.15) is 41.1 Å². The average Bonchev–Trinajstić information content (AvgIpc) is 2.69. The number of esters is 1. The highest BCUT2D eigenvalue weighted by molar-refractivity contribution is 5.89. The van der Waals surface area contributed by atoms with Crippen LogP contribution in [-0.2, 0) is 4.74 Å². The van der Waals surface area contributed by atoms with Crippen molar-refractivity contribution in [3.63, 3.8) is 0 Å². The molecule has 3 saturated carbocycles. The first kappa shape index (κ1) is 17.3. The molecule has 26 heavy (non-hydrogen) atoms. The van der Waals surface area contributed by atoms with E-state index in [0.717, 1.165) is 12.8 Å². The van der Waals surface area contributed by atoms with Crippen molar-refractivity contribution in [2.45, 2.75) is 37.3 Å². The number of hydrogen-bond acceptors (Lipinski definition) is 3. The molecule has 3 heteroatoms. The van der Waals surface area contributed by atoms with E-state index in [1.165, 1.54) is 12.0 Å². The maximum absolute atomic E-state index is 12.6. The van der Waals surface area contributed by atoms with Crippen LogP contribution in [0.4, 0.5) is 0 Å². The third-order valence-corrected chi connectivity index (χ3v) is 6.25. The highest BCUT2D eigenvalue weighted by atomic mass is 16.5. The first-order valence-corrected chi connectivity index (χ1v) is 9.62. The van der Waals surface area contributed by atoms with Crippen LogP contribution in [0.15, 0.2) is 60.7 Å². The average molecular weight is 349 g/mol. The lowest BCUT2D eigenvalue weighted by Gasteiger charge is -2.54. The van der Waals surface area contributed by atoms with E-state index >= 15 is 0 Å². The van der Waals surface area contributed by atoms with Crippen LogP contribution in [0, 0.1) is 11.8 Å². The Morgan fingerprint density at radius 3 is 2.27 bits per heavy atom. The summed E-state index contributed by atoms with van der Waals surface area (Å²) in [6, 6.07) is 20.6. The normalized spacial score (nSPS) is 30.3. The Balaban J connectivity index is 1.57. The molecule has 0 spiro atoms. The van der Waals surface area contributed by atoms with E-state index in [1.54, 1.807) is 0 Å². The van der Waals surface area contributed by atoms with Crippen LogP contribution in [0.2, 0.25) is 0 Å². The molecule has 0 radical (unpaired) electrons. The molecule has 0 unspecified atom stereocenters. The second-order valence-electron chi connectivity index (χ2n) is 7.94. The van der Waals surface area contributed by atoms with Crippen LogP contribution in [-0.4, -0.2) is 37.1 Å². The Labute approximate surface area is 156 Å². The third-order valence-electron chi connectivity index (χ3n) is 6.25. The van der Waals surface area contributed by atoms with Crippen molar-refractivity contribution < 1.29 is 9.53 Å². The van der Waals surface area contributed by atoms with E-state index < -0.39 is 0 Å². The molecule has 0 aromatic heterocycles. The maximum atomic E-state index is 12.6. The third kappa shape index (κ3) is 3.16. The van der Waals surface area contributed by atoms with E-state index in [1.807, 2.05) is 30.3 Å². The van der Waals surface area contributed by atoms with Crippen molar-refractivity contribution in [2.75, 3.05) is 14.1 Å². The predicted molar refractivity (Wildman–Crippen MR) is 103 cm³/mol. The van der Waals surface area contributed by atoms with Crippen LogP contribution in [0.5, 0.6) is 0 Å². The number of hydrogen-bond donors (Lipinski definition) is 0. The molecule has 0 amide bonds. The van der Waals surface area contributed by atoms with Crippen LogP contribution in [0.25, 0.3) is 0 Å². The highest BCUT2D eigenvalue weighted by Gasteiger charge is 2.51. The predicted octanol–water partition coefficient (Wildman–Crippen LogP) is 4.36. The molecule has 0 saturated heterocycles. The molecule has 3 nitrogen and oxygen atoms in total. The lowest BCUT2D eigenvalue weighted by molar-refractivity contribution is -0.0746. The first-order chi connectivity index (χ1) is 12.6. The smallest absolute Gasteiger partial charge is 0.338 e. The van der Waals surface area contributed by atoms with Crippen molar-refractivity contribution in [1.82, 2.24) is 4.90 Å². The van der Waals surface area contributed by atoms with Crippen LogP contribution < -0.4 is 0 Å². The van der Waals surface area contributed by atoms with Gasteiger partial charge in [0.25, 0.3) is 0 Å². The standard InChI is InChI=1S/C23H27NO2/c1-24(2)22-19-14-13-18(21(22)16-9-5-3-6-10-16)15-20(19)26-23(25)17-11-7-4-8-12-17/h3-12,18-22H,13-15H2,1-2H3/t18-,19+,20-,21+,22+/m1/s1. The number of rotatable bonds is 4. The summed E-state index contributed by atoms with van der Waals surface area (Å²) in [5, 5.41) is 0. The zero-order valence-electron chi connectivity index (χ0n) is 15.5. The topological polar surface area (TPSA) is 29.5 Å². The number of benzene rings is 2. The first-order valence-electron chi connectivity index (χ1n) is 9.62. The van der Waals surface area contributed by atoms with Gasteiger partial charge < -0.3 is 9.64 Å². The molecular weight excluding hydrogens is 322 g/mol. The number of carbonyl (C=O) groups is 1. The molecule has 5 atom stereocenters. The maximum Gasteiger partial charge on any atom is 0.338 e. The van der Waals surface area contributed by atoms with Gasteiger partial charge in [-0.1, -0.05) is 48.5 Å². The second-order valence-corrected chi connectivity index (χ2v) is 7.94. The molecule has 0 aliphatic heterocycles. The van der Waals surface area contributed by atoms with E-state index in [2.05, 4.69) is 49.3 Å². The van der Waals surface area contributed by atoms with Gasteiger partial charge >= 0.3 is 5.97 Å². The van der Waals surface area contributed by atoms with E-state index in [-0.39, 0.29) is 12.1 Å². The Morgan fingerprint density at radius 2 is 1.62 bits per heavy atom. The zero-order valence-corrected chi connectivity index (χ0v) is 15.5. The summed E-state index contributed by atoms with van der Waals surface area (Å²) in [5.74, 6) is 1.31. The Kier molecular flexibility index (Phi) is 4.82. The molecule has 2 aromatic carbocycles. The van der Waals surface area contributed by atoms with Gasteiger partial charge in [-0.3, -0.25) is 0 Å². The van der Waals surface area contributed by atoms with Gasteiger partial charge in [0.15, 0.2) is 0 Å². The Bertz CT molecular complexity index is 743. The summed E-state index contributed by atoms with van der Waals surface area (Å²) in [6.45, 7) is 0. The quantitative estimate of drug-likeness (QED) is 0.768. The highest BCUT2D eigenvalue weighted by Crippen LogP contribution is 2.52. The Hall–Kier alpha value is -2.13. The molecule has 3 fully saturated rings. The number of likely N-dealkylation sites (N-methyl/N-ethyl adjacent to an activating group) is 1. The fraction of sp³-hybridized carbons (Fsp3) is 0.435. The minimum atomic E-state index is -0.183. The summed E-state index contributed by atoms with van der Waals surface area (Å²) in [5.41, 5.74) is 2.07. The molecule has 0 N–H and O–H groups in total. The van der Waals surface area contributed by atoms with Crippen molar-refractivity contribution >= 4 is 5.97 Å². The van der Waals surface area contributed by atoms with Crippen LogP contribution in [0.3, 0.4) is 0 Å². The fourth-order valence-electron chi connectivity index (χ4n) is 5.21. The van der Waals surface area contributed by atoms with Crippen LogP contribution >= 0.6 is 0 Å². The largest absolute Gasteiger partial charge is 0.458 e. The van der Waals surface area contributed by atoms with Gasteiger partial charge in [0.05, 0.1) is 5.56 Å². The van der Waals surface area contributed by atoms with Gasteiger partial charge in [0, 0.05) is 17.9 Å². The van der Waals surface area contributed by atoms with E-state index in [9.17, 15) is 4.79 Å². The second kappa shape index (κ2) is 7.24. The summed E-state index contributed by atoms with van der Waals surface area (Å²) in [6.07, 6.45) is 3.37. The van der Waals surface area contributed by atoms with Gasteiger partial charge in [-0.05, 0) is 57.0 Å². The molecule has 2 bridgehead atoms. The summed E-state index contributed by atoms with van der Waals surface area (Å²) < 4.78 is 6.01. The number of nitrogens with zero attached hydrogens (tertiary/aromatic N) is 1. The minimum absolute atomic E-state index is 0.0221. The molecule has 5 rings (SSSR count). The lowest BCUT2D eigenvalue weighted by Crippen LogP contribution is -2.56. The van der Waals surface area contributed by atoms with Crippen molar-refractivity contribution in [3.8, 4) is 0 Å². The van der Waals surface area contributed by atoms with Gasteiger partial charge in [-0.25, -0.2) is 4.79 Å². The Morgan fingerprint density at radius 1 is 0.962 bits per heavy atom. The van der Waals surface area contributed by atoms with Crippen molar-refractivity contribution in [2.24, 2.45) is 11.8 Å². The zero-order chi connectivity index (χ0) is 18.1. The fourth-order valence-corrected chi connectivity index (χ4v) is 5.21. The molecule has 2 aromatic rings. The van der Waals surface area contributed by atoms with E-state index in [4.69, 9.17) is 4.74 Å². The van der Waals surface area contributed by atoms with Gasteiger partial charge in [0.2, 0.25) is 0 Å². The molecular formula is C23H27NO2.